The number of aliphatic hydroxyl groups excluding tert-OH is 1. The summed E-state index contributed by atoms with van der Waals surface area (Å²) >= 11 is 12.6. The molecule has 1 fully saturated rings. The van der Waals surface area contributed by atoms with Crippen molar-refractivity contribution in [3.63, 3.8) is 0 Å². The maximum atomic E-state index is 12.4. The van der Waals surface area contributed by atoms with Gasteiger partial charge in [-0.15, -0.1) is 0 Å². The number of hydrogen-bond donors (Lipinski definition) is 1. The molecule has 1 saturated heterocycles. The summed E-state index contributed by atoms with van der Waals surface area (Å²) in [6, 6.07) is 11.9. The number of aliphatic hydroxyl groups is 1. The van der Waals surface area contributed by atoms with Crippen LogP contribution in [0.1, 0.15) is 96.0 Å². The van der Waals surface area contributed by atoms with Crippen molar-refractivity contribution in [3.05, 3.63) is 52.0 Å². The molecule has 1 unspecified atom stereocenters. The van der Waals surface area contributed by atoms with Gasteiger partial charge in [-0.1, -0.05) is 93.6 Å². The summed E-state index contributed by atoms with van der Waals surface area (Å²) in [5.41, 5.74) is 3.04. The van der Waals surface area contributed by atoms with Gasteiger partial charge in [-0.3, -0.25) is 9.69 Å². The number of anilines is 2. The van der Waals surface area contributed by atoms with Gasteiger partial charge in [0.1, 0.15) is 12.0 Å². The summed E-state index contributed by atoms with van der Waals surface area (Å²) in [7, 11) is 0. The summed E-state index contributed by atoms with van der Waals surface area (Å²) < 4.78 is 11.7. The normalized spacial score (nSPS) is 16.9. The van der Waals surface area contributed by atoms with Crippen molar-refractivity contribution in [1.82, 2.24) is 4.90 Å². The topological polar surface area (TPSA) is 65.5 Å². The van der Waals surface area contributed by atoms with E-state index in [1.807, 2.05) is 30.3 Å². The van der Waals surface area contributed by atoms with Gasteiger partial charge in [0.25, 0.3) is 0 Å². The average Bonchev–Trinajstić information content (AvgIpc) is 3.05. The molecule has 2 aliphatic heterocycles. The third kappa shape index (κ3) is 11.5. The Labute approximate surface area is 280 Å². The predicted octanol–water partition coefficient (Wildman–Crippen LogP) is 8.47. The van der Waals surface area contributed by atoms with Crippen LogP contribution in [0, 0.1) is 0 Å². The van der Waals surface area contributed by atoms with Crippen molar-refractivity contribution >= 4 is 40.5 Å². The van der Waals surface area contributed by atoms with Gasteiger partial charge in [0.2, 0.25) is 0 Å². The van der Waals surface area contributed by atoms with Crippen LogP contribution in [0.3, 0.4) is 0 Å². The van der Waals surface area contributed by atoms with E-state index in [0.29, 0.717) is 29.5 Å². The number of nitrogens with zero attached hydrogens (tertiary/aromatic N) is 3. The molecule has 0 aliphatic carbocycles. The SMILES string of the molecule is CCCCCCCCCCCC(=O)OCN1c2cc(OCCCCN3CCN(c4cccc(Cl)c4Cl)CC3)ccc2CCC1O. The van der Waals surface area contributed by atoms with Gasteiger partial charge in [-0.05, 0) is 62.4 Å². The molecule has 2 aromatic rings. The van der Waals surface area contributed by atoms with E-state index in [1.165, 1.54) is 44.9 Å². The van der Waals surface area contributed by atoms with Crippen molar-refractivity contribution in [3.8, 4) is 5.75 Å². The van der Waals surface area contributed by atoms with Crippen molar-refractivity contribution in [2.45, 2.75) is 103 Å². The van der Waals surface area contributed by atoms with E-state index in [0.717, 1.165) is 87.5 Å². The molecule has 9 heteroatoms. The Morgan fingerprint density at radius 2 is 1.62 bits per heavy atom. The quantitative estimate of drug-likeness (QED) is 0.120. The number of aryl methyl sites for hydroxylation is 1. The summed E-state index contributed by atoms with van der Waals surface area (Å²) in [5.74, 6) is 0.584. The first-order chi connectivity index (χ1) is 22.0. The number of piperazine rings is 1. The molecule has 250 valence electrons. The molecular formula is C36H53Cl2N3O4. The number of rotatable bonds is 19. The van der Waals surface area contributed by atoms with Gasteiger partial charge in [0.05, 0.1) is 22.3 Å². The van der Waals surface area contributed by atoms with E-state index in [2.05, 4.69) is 22.8 Å². The zero-order valence-corrected chi connectivity index (χ0v) is 28.7. The van der Waals surface area contributed by atoms with Gasteiger partial charge in [-0.2, -0.15) is 0 Å². The third-order valence-electron chi connectivity index (χ3n) is 9.03. The van der Waals surface area contributed by atoms with Crippen LogP contribution in [0.15, 0.2) is 36.4 Å². The summed E-state index contributed by atoms with van der Waals surface area (Å²) in [5, 5.41) is 12.0. The summed E-state index contributed by atoms with van der Waals surface area (Å²) in [6.45, 7) is 7.83. The third-order valence-corrected chi connectivity index (χ3v) is 9.84. The van der Waals surface area contributed by atoms with Crippen LogP contribution in [0.4, 0.5) is 11.4 Å². The van der Waals surface area contributed by atoms with E-state index >= 15 is 0 Å². The van der Waals surface area contributed by atoms with Crippen LogP contribution in [-0.4, -0.2) is 68.3 Å². The maximum absolute atomic E-state index is 12.4. The van der Waals surface area contributed by atoms with Crippen LogP contribution in [0.25, 0.3) is 0 Å². The number of carbonyl (C=O) groups is 1. The van der Waals surface area contributed by atoms with Crippen molar-refractivity contribution < 1.29 is 19.4 Å². The summed E-state index contributed by atoms with van der Waals surface area (Å²) in [6.07, 6.45) is 14.1. The standard InChI is InChI=1S/C36H53Cl2N3O4/c1-2-3-4-5-6-7-8-9-10-16-35(43)45-28-41-33-27-30(19-17-29(33)18-20-34(41)42)44-26-12-11-21-39-22-24-40(25-23-39)32-15-13-14-31(37)36(32)38/h13-15,17,19,27,34,42H,2-12,16,18,20-26,28H2,1H3. The molecule has 2 heterocycles. The summed E-state index contributed by atoms with van der Waals surface area (Å²) in [4.78, 5) is 19.0. The largest absolute Gasteiger partial charge is 0.494 e. The van der Waals surface area contributed by atoms with Gasteiger partial charge in [0, 0.05) is 44.4 Å². The molecular weight excluding hydrogens is 609 g/mol. The Kier molecular flexibility index (Phi) is 15.4. The Morgan fingerprint density at radius 1 is 0.889 bits per heavy atom. The van der Waals surface area contributed by atoms with E-state index in [9.17, 15) is 9.90 Å². The Hall–Kier alpha value is -2.19. The Morgan fingerprint density at radius 3 is 2.38 bits per heavy atom. The van der Waals surface area contributed by atoms with Crippen LogP contribution in [0.2, 0.25) is 10.0 Å². The fraction of sp³-hybridized carbons (Fsp3) is 0.639. The molecule has 4 rings (SSSR count). The van der Waals surface area contributed by atoms with E-state index in [1.54, 1.807) is 4.90 Å². The van der Waals surface area contributed by atoms with Crippen LogP contribution in [-0.2, 0) is 16.0 Å². The smallest absolute Gasteiger partial charge is 0.307 e. The zero-order valence-electron chi connectivity index (χ0n) is 27.2. The monoisotopic (exact) mass is 661 g/mol. The second kappa shape index (κ2) is 19.5. The lowest BCUT2D eigenvalue weighted by atomic mass is 10.0. The highest BCUT2D eigenvalue weighted by Gasteiger charge is 2.26. The van der Waals surface area contributed by atoms with Crippen LogP contribution in [0.5, 0.6) is 5.75 Å². The Balaban J connectivity index is 1.12. The fourth-order valence-electron chi connectivity index (χ4n) is 6.24. The van der Waals surface area contributed by atoms with Crippen LogP contribution < -0.4 is 14.5 Å². The molecule has 45 heavy (non-hydrogen) atoms. The fourth-order valence-corrected chi connectivity index (χ4v) is 6.65. The first kappa shape index (κ1) is 35.7. The molecule has 0 amide bonds. The predicted molar refractivity (Wildman–Crippen MR) is 186 cm³/mol. The number of unbranched alkanes of at least 4 members (excludes halogenated alkanes) is 9. The zero-order chi connectivity index (χ0) is 31.9. The molecule has 2 aromatic carbocycles. The van der Waals surface area contributed by atoms with Gasteiger partial charge in [0.15, 0.2) is 6.73 Å². The number of fused-ring (bicyclic) bond motifs is 1. The van der Waals surface area contributed by atoms with Gasteiger partial charge >= 0.3 is 5.97 Å². The highest BCUT2D eigenvalue weighted by Crippen LogP contribution is 2.34. The minimum absolute atomic E-state index is 0.0602. The molecule has 2 aliphatic rings. The minimum Gasteiger partial charge on any atom is -0.494 e. The number of benzene rings is 2. The lowest BCUT2D eigenvalue weighted by Gasteiger charge is -2.36. The second-order valence-corrected chi connectivity index (χ2v) is 13.2. The first-order valence-electron chi connectivity index (χ1n) is 17.2. The van der Waals surface area contributed by atoms with Gasteiger partial charge < -0.3 is 24.4 Å². The van der Waals surface area contributed by atoms with E-state index < -0.39 is 6.23 Å². The van der Waals surface area contributed by atoms with Crippen molar-refractivity contribution in [2.24, 2.45) is 0 Å². The lowest BCUT2D eigenvalue weighted by molar-refractivity contribution is -0.144. The minimum atomic E-state index is -0.677. The second-order valence-electron chi connectivity index (χ2n) is 12.5. The number of hydrogen-bond acceptors (Lipinski definition) is 7. The number of carbonyl (C=O) groups excluding carboxylic acids is 1. The van der Waals surface area contributed by atoms with Crippen LogP contribution >= 0.6 is 23.2 Å². The molecule has 0 saturated carbocycles. The maximum Gasteiger partial charge on any atom is 0.307 e. The molecule has 1 atom stereocenters. The molecule has 0 bridgehead atoms. The lowest BCUT2D eigenvalue weighted by Crippen LogP contribution is -2.46. The first-order valence-corrected chi connectivity index (χ1v) is 18.0. The number of ether oxygens (including phenoxy) is 2. The number of esters is 1. The van der Waals surface area contributed by atoms with Crippen molar-refractivity contribution in [2.75, 3.05) is 55.9 Å². The molecule has 1 N–H and O–H groups in total. The van der Waals surface area contributed by atoms with Crippen molar-refractivity contribution in [1.29, 1.82) is 0 Å². The molecule has 0 radical (unpaired) electrons. The highest BCUT2D eigenvalue weighted by molar-refractivity contribution is 6.43. The molecule has 0 aromatic heterocycles. The Bertz CT molecular complexity index is 1170. The van der Waals surface area contributed by atoms with E-state index in [-0.39, 0.29) is 12.7 Å². The van der Waals surface area contributed by atoms with E-state index in [4.69, 9.17) is 32.7 Å². The number of halogens is 2. The molecule has 7 nitrogen and oxygen atoms in total. The molecule has 0 spiro atoms. The van der Waals surface area contributed by atoms with Gasteiger partial charge in [-0.25, -0.2) is 0 Å². The average molecular weight is 663 g/mol. The highest BCUT2D eigenvalue weighted by atomic mass is 35.5.